The molecule has 0 bridgehead atoms. The fourth-order valence-corrected chi connectivity index (χ4v) is 3.47. The van der Waals surface area contributed by atoms with Gasteiger partial charge in [-0.25, -0.2) is 0 Å². The Balaban J connectivity index is 1.48. The number of ether oxygens (including phenoxy) is 2. The molecule has 0 radical (unpaired) electrons. The fourth-order valence-electron chi connectivity index (χ4n) is 3.18. The maximum atomic E-state index is 12.7. The lowest BCUT2D eigenvalue weighted by Crippen LogP contribution is -2.51. The Morgan fingerprint density at radius 1 is 1.04 bits per heavy atom. The van der Waals surface area contributed by atoms with Crippen LogP contribution in [0.25, 0.3) is 0 Å². The van der Waals surface area contributed by atoms with Crippen LogP contribution in [0, 0.1) is 0 Å². The first-order chi connectivity index (χ1) is 13.3. The van der Waals surface area contributed by atoms with Crippen LogP contribution < -0.4 is 14.8 Å². The average molecular weight is 423 g/mol. The molecule has 28 heavy (non-hydrogen) atoms. The lowest BCUT2D eigenvalue weighted by molar-refractivity contribution is -0.135. The van der Waals surface area contributed by atoms with Crippen molar-refractivity contribution in [2.24, 2.45) is 0 Å². The lowest BCUT2D eigenvalue weighted by Gasteiger charge is -2.32. The molecule has 0 unspecified atom stereocenters. The molecule has 3 rings (SSSR count). The summed E-state index contributed by atoms with van der Waals surface area (Å²) in [5.41, 5.74) is -0.979. The van der Waals surface area contributed by atoms with E-state index < -0.39 is 5.60 Å². The minimum atomic E-state index is -0.979. The van der Waals surface area contributed by atoms with Gasteiger partial charge < -0.3 is 14.8 Å². The maximum Gasteiger partial charge on any atom is 0.263 e. The van der Waals surface area contributed by atoms with E-state index in [9.17, 15) is 4.79 Å². The monoisotopic (exact) mass is 422 g/mol. The van der Waals surface area contributed by atoms with Crippen molar-refractivity contribution >= 4 is 29.1 Å². The largest absolute Gasteiger partial charge is 0.489 e. The number of amides is 1. The number of carbonyl (C=O) groups excluding carboxylic acids is 1. The normalized spacial score (nSPS) is 19.7. The first-order valence-electron chi connectivity index (χ1n) is 9.34. The van der Waals surface area contributed by atoms with Gasteiger partial charge in [-0.1, -0.05) is 23.2 Å². The van der Waals surface area contributed by atoms with Crippen molar-refractivity contribution in [3.63, 3.8) is 0 Å². The second-order valence-electron chi connectivity index (χ2n) is 7.47. The van der Waals surface area contributed by atoms with Crippen LogP contribution in [-0.4, -0.2) is 28.6 Å². The third-order valence-corrected chi connectivity index (χ3v) is 5.18. The van der Waals surface area contributed by atoms with Gasteiger partial charge in [0.2, 0.25) is 0 Å². The van der Waals surface area contributed by atoms with E-state index in [-0.39, 0.29) is 18.1 Å². The Labute approximate surface area is 175 Å². The topological polar surface area (TPSA) is 60.5 Å². The number of rotatable bonds is 6. The number of nitrogens with zero attached hydrogens (tertiary/aromatic N) is 1. The van der Waals surface area contributed by atoms with Gasteiger partial charge in [-0.15, -0.1) is 0 Å². The van der Waals surface area contributed by atoms with Gasteiger partial charge in [0, 0.05) is 23.3 Å². The van der Waals surface area contributed by atoms with Crippen molar-refractivity contribution in [1.29, 1.82) is 0 Å². The number of halogens is 2. The van der Waals surface area contributed by atoms with Gasteiger partial charge >= 0.3 is 0 Å². The van der Waals surface area contributed by atoms with Gasteiger partial charge in [0.1, 0.15) is 11.5 Å². The molecule has 0 aliphatic heterocycles. The van der Waals surface area contributed by atoms with E-state index in [1.54, 1.807) is 56.6 Å². The number of aromatic nitrogens is 1. The smallest absolute Gasteiger partial charge is 0.263 e. The predicted molar refractivity (Wildman–Crippen MR) is 110 cm³/mol. The summed E-state index contributed by atoms with van der Waals surface area (Å²) in [6, 6.07) is 8.86. The van der Waals surface area contributed by atoms with E-state index in [4.69, 9.17) is 32.7 Å². The molecule has 0 spiro atoms. The summed E-state index contributed by atoms with van der Waals surface area (Å²) in [5, 5.41) is 4.29. The van der Waals surface area contributed by atoms with Crippen molar-refractivity contribution in [2.75, 3.05) is 0 Å². The summed E-state index contributed by atoms with van der Waals surface area (Å²) >= 11 is 11.8. The van der Waals surface area contributed by atoms with Crippen LogP contribution in [0.4, 0.5) is 0 Å². The first-order valence-corrected chi connectivity index (χ1v) is 10.1. The Morgan fingerprint density at radius 3 is 2.36 bits per heavy atom. The molecule has 1 aromatic carbocycles. The van der Waals surface area contributed by atoms with Crippen molar-refractivity contribution in [1.82, 2.24) is 10.3 Å². The molecule has 1 amide bonds. The number of carbonyl (C=O) groups is 1. The number of hydrogen-bond acceptors (Lipinski definition) is 4. The van der Waals surface area contributed by atoms with Crippen molar-refractivity contribution in [3.05, 3.63) is 52.8 Å². The lowest BCUT2D eigenvalue weighted by atomic mass is 9.92. The Kier molecular flexibility index (Phi) is 6.68. The molecule has 7 heteroatoms. The third-order valence-electron chi connectivity index (χ3n) is 4.73. The molecule has 1 aliphatic rings. The molecule has 0 atom stereocenters. The fraction of sp³-hybridized carbons (Fsp3) is 0.429. The van der Waals surface area contributed by atoms with Crippen LogP contribution in [0.15, 0.2) is 42.7 Å². The zero-order chi connectivity index (χ0) is 20.1. The highest BCUT2D eigenvalue weighted by Crippen LogP contribution is 2.26. The van der Waals surface area contributed by atoms with Gasteiger partial charge in [0.25, 0.3) is 5.91 Å². The van der Waals surface area contributed by atoms with Gasteiger partial charge in [-0.3, -0.25) is 9.78 Å². The van der Waals surface area contributed by atoms with Crippen molar-refractivity contribution in [2.45, 2.75) is 57.3 Å². The van der Waals surface area contributed by atoms with E-state index in [0.29, 0.717) is 21.5 Å². The minimum Gasteiger partial charge on any atom is -0.489 e. The average Bonchev–Trinajstić information content (AvgIpc) is 2.65. The molecule has 1 aliphatic carbocycles. The summed E-state index contributed by atoms with van der Waals surface area (Å²) in [7, 11) is 0. The van der Waals surface area contributed by atoms with Gasteiger partial charge in [0.15, 0.2) is 5.60 Å². The summed E-state index contributed by atoms with van der Waals surface area (Å²) in [4.78, 5) is 16.7. The van der Waals surface area contributed by atoms with E-state index in [1.807, 2.05) is 0 Å². The van der Waals surface area contributed by atoms with Crippen LogP contribution in [0.5, 0.6) is 11.5 Å². The Morgan fingerprint density at radius 2 is 1.71 bits per heavy atom. The zero-order valence-electron chi connectivity index (χ0n) is 16.0. The van der Waals surface area contributed by atoms with Crippen molar-refractivity contribution < 1.29 is 14.3 Å². The third kappa shape index (κ3) is 5.76. The highest BCUT2D eigenvalue weighted by Gasteiger charge is 2.33. The van der Waals surface area contributed by atoms with E-state index in [1.165, 1.54) is 0 Å². The number of benzene rings is 1. The van der Waals surface area contributed by atoms with Crippen LogP contribution in [-0.2, 0) is 4.79 Å². The highest BCUT2D eigenvalue weighted by molar-refractivity contribution is 6.30. The second kappa shape index (κ2) is 9.01. The van der Waals surface area contributed by atoms with Gasteiger partial charge in [-0.05, 0) is 63.8 Å². The zero-order valence-corrected chi connectivity index (χ0v) is 17.5. The van der Waals surface area contributed by atoms with E-state index in [2.05, 4.69) is 10.3 Å². The van der Waals surface area contributed by atoms with E-state index >= 15 is 0 Å². The molecular formula is C21H24Cl2N2O3. The maximum absolute atomic E-state index is 12.7. The minimum absolute atomic E-state index is 0.103. The number of hydrogen-bond donors (Lipinski definition) is 1. The molecule has 1 heterocycles. The van der Waals surface area contributed by atoms with E-state index in [0.717, 1.165) is 25.7 Å². The molecule has 1 saturated carbocycles. The summed E-state index contributed by atoms with van der Waals surface area (Å²) in [5.74, 6) is 1.15. The first kappa shape index (κ1) is 20.7. The van der Waals surface area contributed by atoms with Crippen molar-refractivity contribution in [3.8, 4) is 11.5 Å². The highest BCUT2D eigenvalue weighted by atomic mass is 35.5. The summed E-state index contributed by atoms with van der Waals surface area (Å²) in [6.07, 6.45) is 6.76. The van der Waals surface area contributed by atoms with Crippen LogP contribution >= 0.6 is 23.2 Å². The SMILES string of the molecule is CC(C)(Oc1ccc(Cl)cc1)C(=O)N[C@H]1CC[C@H](Oc2cncc(Cl)c2)CC1. The second-order valence-corrected chi connectivity index (χ2v) is 8.34. The number of pyridine rings is 1. The molecule has 1 aromatic heterocycles. The standard InChI is InChI=1S/C21H24Cl2N2O3/c1-21(2,28-18-7-3-14(22)4-8-18)20(26)25-16-5-9-17(10-6-16)27-19-11-15(23)12-24-13-19/h3-4,7-8,11-13,16-17H,5-6,9-10H2,1-2H3,(H,25,26)/t16-,17-. The van der Waals surface area contributed by atoms with Gasteiger partial charge in [-0.2, -0.15) is 0 Å². The predicted octanol–water partition coefficient (Wildman–Crippen LogP) is 5.05. The molecule has 2 aromatic rings. The van der Waals surface area contributed by atoms with Crippen LogP contribution in [0.2, 0.25) is 10.0 Å². The molecule has 1 N–H and O–H groups in total. The number of nitrogens with one attached hydrogen (secondary N) is 1. The van der Waals surface area contributed by atoms with Crippen LogP contribution in [0.3, 0.4) is 0 Å². The molecule has 150 valence electrons. The summed E-state index contributed by atoms with van der Waals surface area (Å²) < 4.78 is 11.8. The Bertz CT molecular complexity index is 804. The quantitative estimate of drug-likeness (QED) is 0.706. The van der Waals surface area contributed by atoms with Crippen LogP contribution in [0.1, 0.15) is 39.5 Å². The van der Waals surface area contributed by atoms with Gasteiger partial charge in [0.05, 0.1) is 17.3 Å². The molecule has 0 saturated heterocycles. The Hall–Kier alpha value is -1.98. The summed E-state index contributed by atoms with van der Waals surface area (Å²) in [6.45, 7) is 3.52. The molecular weight excluding hydrogens is 399 g/mol. The molecule has 5 nitrogen and oxygen atoms in total. The molecule has 1 fully saturated rings.